The Morgan fingerprint density at radius 2 is 2.23 bits per heavy atom. The molecule has 1 aliphatic heterocycles. The van der Waals surface area contributed by atoms with Crippen LogP contribution in [0, 0.1) is 5.92 Å². The predicted octanol–water partition coefficient (Wildman–Crippen LogP) is 3.13. The van der Waals surface area contributed by atoms with Gasteiger partial charge in [0.25, 0.3) is 5.91 Å². The van der Waals surface area contributed by atoms with Crippen LogP contribution in [0.2, 0.25) is 0 Å². The van der Waals surface area contributed by atoms with Crippen LogP contribution in [0.15, 0.2) is 48.1 Å². The Balaban J connectivity index is 1.29. The Bertz CT molecular complexity index is 1060. The van der Waals surface area contributed by atoms with E-state index in [1.807, 2.05) is 39.9 Å². The van der Waals surface area contributed by atoms with Crippen molar-refractivity contribution in [2.75, 3.05) is 37.9 Å². The molecule has 10 heteroatoms. The van der Waals surface area contributed by atoms with Crippen molar-refractivity contribution in [1.82, 2.24) is 14.3 Å². The molecule has 31 heavy (non-hydrogen) atoms. The van der Waals surface area contributed by atoms with Gasteiger partial charge in [-0.15, -0.1) is 11.3 Å². The summed E-state index contributed by atoms with van der Waals surface area (Å²) in [5.74, 6) is 0.600. The average molecular weight is 459 g/mol. The molecule has 162 valence electrons. The molecule has 2 aromatic heterocycles. The zero-order chi connectivity index (χ0) is 21.6. The van der Waals surface area contributed by atoms with Gasteiger partial charge in [0.2, 0.25) is 5.91 Å². The molecule has 0 aliphatic carbocycles. The molecule has 1 aliphatic rings. The van der Waals surface area contributed by atoms with Crippen LogP contribution in [0.1, 0.15) is 10.4 Å². The number of rotatable bonds is 9. The summed E-state index contributed by atoms with van der Waals surface area (Å²) in [4.78, 5) is 28.8. The van der Waals surface area contributed by atoms with E-state index in [9.17, 15) is 9.59 Å². The monoisotopic (exact) mass is 458 g/mol. The number of thiazole rings is 1. The number of benzene rings is 1. The van der Waals surface area contributed by atoms with Crippen molar-refractivity contribution in [2.45, 2.75) is 0 Å². The van der Waals surface area contributed by atoms with Gasteiger partial charge in [0.1, 0.15) is 5.75 Å². The lowest BCUT2D eigenvalue weighted by Gasteiger charge is -2.25. The SMILES string of the molecule is CSn1ccc(C(=O)NCC(=O)Nc2nc(-c3cccc(OCC4COC4)c3)cs2)c1. The zero-order valence-electron chi connectivity index (χ0n) is 16.9. The molecule has 3 aromatic rings. The standard InChI is InChI=1S/C21H22N4O4S2/c1-30-25-6-5-16(9-25)20(27)22-8-19(26)24-21-23-18(13-31-21)15-3-2-4-17(7-15)29-12-14-10-28-11-14/h2-7,9,13-14H,8,10-12H2,1H3,(H,22,27)(H,23,24,26). The maximum atomic E-state index is 12.2. The highest BCUT2D eigenvalue weighted by Crippen LogP contribution is 2.28. The first-order valence-electron chi connectivity index (χ1n) is 9.68. The summed E-state index contributed by atoms with van der Waals surface area (Å²) in [5.41, 5.74) is 2.16. The van der Waals surface area contributed by atoms with E-state index in [1.54, 1.807) is 18.5 Å². The summed E-state index contributed by atoms with van der Waals surface area (Å²) in [5, 5.41) is 7.68. The Labute approximate surface area is 188 Å². The van der Waals surface area contributed by atoms with Gasteiger partial charge in [-0.05, 0) is 30.1 Å². The normalized spacial score (nSPS) is 13.5. The van der Waals surface area contributed by atoms with Crippen molar-refractivity contribution in [3.63, 3.8) is 0 Å². The minimum Gasteiger partial charge on any atom is -0.493 e. The molecule has 1 fully saturated rings. The summed E-state index contributed by atoms with van der Waals surface area (Å²) in [6.45, 7) is 2.00. The molecule has 3 heterocycles. The maximum absolute atomic E-state index is 12.2. The number of carbonyl (C=O) groups excluding carboxylic acids is 2. The fourth-order valence-corrected chi connectivity index (χ4v) is 3.99. The zero-order valence-corrected chi connectivity index (χ0v) is 18.5. The van der Waals surface area contributed by atoms with Crippen molar-refractivity contribution < 1.29 is 19.1 Å². The van der Waals surface area contributed by atoms with Crippen molar-refractivity contribution in [3.8, 4) is 17.0 Å². The second-order valence-electron chi connectivity index (χ2n) is 6.95. The molecule has 2 amide bonds. The molecule has 0 spiro atoms. The molecule has 8 nitrogen and oxygen atoms in total. The summed E-state index contributed by atoms with van der Waals surface area (Å²) < 4.78 is 12.8. The maximum Gasteiger partial charge on any atom is 0.253 e. The molecule has 2 N–H and O–H groups in total. The Morgan fingerprint density at radius 1 is 1.35 bits per heavy atom. The molecule has 0 radical (unpaired) electrons. The predicted molar refractivity (Wildman–Crippen MR) is 122 cm³/mol. The number of amides is 2. The van der Waals surface area contributed by atoms with Crippen LogP contribution in [0.5, 0.6) is 5.75 Å². The third-order valence-electron chi connectivity index (χ3n) is 4.62. The largest absolute Gasteiger partial charge is 0.493 e. The summed E-state index contributed by atoms with van der Waals surface area (Å²) in [6.07, 6.45) is 5.41. The van der Waals surface area contributed by atoms with Gasteiger partial charge in [-0.25, -0.2) is 4.98 Å². The van der Waals surface area contributed by atoms with Crippen molar-refractivity contribution >= 4 is 40.2 Å². The first-order chi connectivity index (χ1) is 15.1. The van der Waals surface area contributed by atoms with Gasteiger partial charge in [-0.3, -0.25) is 13.6 Å². The molecule has 1 saturated heterocycles. The van der Waals surface area contributed by atoms with Crippen LogP contribution in [0.25, 0.3) is 11.3 Å². The topological polar surface area (TPSA) is 94.5 Å². The van der Waals surface area contributed by atoms with Gasteiger partial charge in [-0.1, -0.05) is 12.1 Å². The second kappa shape index (κ2) is 9.99. The number of aromatic nitrogens is 2. The lowest BCUT2D eigenvalue weighted by Crippen LogP contribution is -2.32. The molecule has 0 saturated carbocycles. The third kappa shape index (κ3) is 5.66. The first kappa shape index (κ1) is 21.4. The molecule has 1 aromatic carbocycles. The van der Waals surface area contributed by atoms with E-state index < -0.39 is 0 Å². The highest BCUT2D eigenvalue weighted by Gasteiger charge is 2.19. The smallest absolute Gasteiger partial charge is 0.253 e. The second-order valence-corrected chi connectivity index (χ2v) is 8.60. The molecule has 4 rings (SSSR count). The van der Waals surface area contributed by atoms with Gasteiger partial charge >= 0.3 is 0 Å². The van der Waals surface area contributed by atoms with Crippen molar-refractivity contribution in [2.24, 2.45) is 5.92 Å². The van der Waals surface area contributed by atoms with E-state index in [2.05, 4.69) is 15.6 Å². The number of hydrogen-bond donors (Lipinski definition) is 2. The van der Waals surface area contributed by atoms with Crippen LogP contribution in [-0.2, 0) is 9.53 Å². The minimum absolute atomic E-state index is 0.133. The highest BCUT2D eigenvalue weighted by atomic mass is 32.2. The summed E-state index contributed by atoms with van der Waals surface area (Å²) in [7, 11) is 0. The molecular formula is C21H22N4O4S2. The van der Waals surface area contributed by atoms with Crippen molar-refractivity contribution in [1.29, 1.82) is 0 Å². The lowest BCUT2D eigenvalue weighted by molar-refractivity contribution is -0.115. The fraction of sp³-hybridized carbons (Fsp3) is 0.286. The fourth-order valence-electron chi connectivity index (χ4n) is 2.85. The Hall–Kier alpha value is -2.82. The number of nitrogens with one attached hydrogen (secondary N) is 2. The van der Waals surface area contributed by atoms with Gasteiger partial charge in [0.05, 0.1) is 37.6 Å². The quantitative estimate of drug-likeness (QED) is 0.512. The summed E-state index contributed by atoms with van der Waals surface area (Å²) >= 11 is 2.81. The van der Waals surface area contributed by atoms with E-state index in [-0.39, 0.29) is 18.4 Å². The van der Waals surface area contributed by atoms with E-state index >= 15 is 0 Å². The first-order valence-corrected chi connectivity index (χ1v) is 11.7. The number of nitrogens with zero attached hydrogens (tertiary/aromatic N) is 2. The van der Waals surface area contributed by atoms with Crippen LogP contribution in [-0.4, -0.2) is 53.4 Å². The summed E-state index contributed by atoms with van der Waals surface area (Å²) in [6, 6.07) is 9.41. The lowest BCUT2D eigenvalue weighted by atomic mass is 10.1. The molecule has 0 bridgehead atoms. The number of anilines is 1. The van der Waals surface area contributed by atoms with E-state index in [0.717, 1.165) is 30.2 Å². The van der Waals surface area contributed by atoms with Crippen LogP contribution in [0.4, 0.5) is 5.13 Å². The van der Waals surface area contributed by atoms with Gasteiger partial charge in [0, 0.05) is 35.5 Å². The Morgan fingerprint density at radius 3 is 2.97 bits per heavy atom. The Kier molecular flexibility index (Phi) is 6.90. The van der Waals surface area contributed by atoms with Crippen molar-refractivity contribution in [3.05, 3.63) is 53.7 Å². The van der Waals surface area contributed by atoms with E-state index in [0.29, 0.717) is 23.2 Å². The molecule has 0 atom stereocenters. The minimum atomic E-state index is -0.335. The number of hydrogen-bond acceptors (Lipinski definition) is 7. The van der Waals surface area contributed by atoms with E-state index in [4.69, 9.17) is 9.47 Å². The highest BCUT2D eigenvalue weighted by molar-refractivity contribution is 7.97. The molecular weight excluding hydrogens is 436 g/mol. The van der Waals surface area contributed by atoms with E-state index in [1.165, 1.54) is 23.3 Å². The van der Waals surface area contributed by atoms with Gasteiger partial charge in [-0.2, -0.15) is 0 Å². The number of ether oxygens (including phenoxy) is 2. The van der Waals surface area contributed by atoms with Crippen LogP contribution >= 0.6 is 23.3 Å². The number of carbonyl (C=O) groups is 2. The van der Waals surface area contributed by atoms with Gasteiger partial charge < -0.3 is 20.1 Å². The van der Waals surface area contributed by atoms with Gasteiger partial charge in [0.15, 0.2) is 5.13 Å². The molecule has 0 unspecified atom stereocenters. The van der Waals surface area contributed by atoms with Crippen LogP contribution < -0.4 is 15.4 Å². The van der Waals surface area contributed by atoms with Crippen LogP contribution in [0.3, 0.4) is 0 Å². The average Bonchev–Trinajstić information content (AvgIpc) is 3.41. The third-order valence-corrected chi connectivity index (χ3v) is 6.03.